The molecule has 1 N–H and O–H groups in total. The third kappa shape index (κ3) is 3.89. The molecule has 0 bridgehead atoms. The van der Waals surface area contributed by atoms with Crippen molar-refractivity contribution in [3.8, 4) is 0 Å². The van der Waals surface area contributed by atoms with Crippen molar-refractivity contribution in [2.75, 3.05) is 18.0 Å². The Morgan fingerprint density at radius 2 is 1.87 bits per heavy atom. The summed E-state index contributed by atoms with van der Waals surface area (Å²) < 4.78 is 0. The first-order chi connectivity index (χ1) is 11.2. The van der Waals surface area contributed by atoms with E-state index in [2.05, 4.69) is 39.5 Å². The second kappa shape index (κ2) is 7.27. The molecule has 120 valence electrons. The lowest BCUT2D eigenvalue weighted by molar-refractivity contribution is 0.0939. The molecule has 0 radical (unpaired) electrons. The molecular weight excluding hydrogens is 286 g/mol. The van der Waals surface area contributed by atoms with Crippen LogP contribution in [0.4, 0.5) is 5.69 Å². The minimum absolute atomic E-state index is 0.0295. The maximum Gasteiger partial charge on any atom is 0.253 e. The van der Waals surface area contributed by atoms with Gasteiger partial charge in [-0.1, -0.05) is 12.1 Å². The van der Waals surface area contributed by atoms with E-state index in [1.165, 1.54) is 24.9 Å². The van der Waals surface area contributed by atoms with Gasteiger partial charge in [0, 0.05) is 31.2 Å². The molecule has 1 aromatic heterocycles. The van der Waals surface area contributed by atoms with Crippen LogP contribution in [0.15, 0.2) is 48.8 Å². The number of amides is 1. The van der Waals surface area contributed by atoms with Crippen LogP contribution >= 0.6 is 0 Å². The zero-order valence-electron chi connectivity index (χ0n) is 13.5. The molecular formula is C19H23N3O. The number of anilines is 1. The van der Waals surface area contributed by atoms with Crippen molar-refractivity contribution in [2.24, 2.45) is 0 Å². The molecule has 4 heteroatoms. The van der Waals surface area contributed by atoms with Crippen LogP contribution in [-0.2, 0) is 0 Å². The molecule has 0 spiro atoms. The highest BCUT2D eigenvalue weighted by Crippen LogP contribution is 2.22. The number of benzene rings is 1. The number of nitrogens with zero attached hydrogens (tertiary/aromatic N) is 2. The van der Waals surface area contributed by atoms with E-state index in [1.54, 1.807) is 24.5 Å². The number of hydrogen-bond acceptors (Lipinski definition) is 3. The van der Waals surface area contributed by atoms with E-state index in [9.17, 15) is 4.79 Å². The van der Waals surface area contributed by atoms with Crippen LogP contribution in [0.1, 0.15) is 48.1 Å². The van der Waals surface area contributed by atoms with Crippen LogP contribution in [0.25, 0.3) is 0 Å². The summed E-state index contributed by atoms with van der Waals surface area (Å²) in [7, 11) is 0. The molecule has 1 aliphatic heterocycles. The van der Waals surface area contributed by atoms with Gasteiger partial charge >= 0.3 is 0 Å². The van der Waals surface area contributed by atoms with Crippen molar-refractivity contribution in [3.63, 3.8) is 0 Å². The van der Waals surface area contributed by atoms with Crippen molar-refractivity contribution < 1.29 is 4.79 Å². The smallest absolute Gasteiger partial charge is 0.253 e. The van der Waals surface area contributed by atoms with Gasteiger partial charge in [0.05, 0.1) is 11.6 Å². The Labute approximate surface area is 137 Å². The minimum atomic E-state index is -0.0919. The third-order valence-corrected chi connectivity index (χ3v) is 4.39. The molecule has 0 saturated carbocycles. The number of carbonyl (C=O) groups is 1. The van der Waals surface area contributed by atoms with Crippen molar-refractivity contribution in [1.29, 1.82) is 0 Å². The Kier molecular flexibility index (Phi) is 4.91. The standard InChI is InChI=1S/C19H23N3O/c1-15(21-19(23)17-6-5-11-20-14-17)16-7-9-18(10-8-16)22-12-3-2-4-13-22/h5-11,14-15H,2-4,12-13H2,1H3,(H,21,23)/t15-/m1/s1. The second-order valence-electron chi connectivity index (χ2n) is 6.08. The molecule has 0 unspecified atom stereocenters. The van der Waals surface area contributed by atoms with Crippen LogP contribution in [0.3, 0.4) is 0 Å². The first-order valence-corrected chi connectivity index (χ1v) is 8.30. The second-order valence-corrected chi connectivity index (χ2v) is 6.08. The van der Waals surface area contributed by atoms with E-state index < -0.39 is 0 Å². The van der Waals surface area contributed by atoms with E-state index >= 15 is 0 Å². The van der Waals surface area contributed by atoms with Gasteiger partial charge in [0.2, 0.25) is 0 Å². The maximum atomic E-state index is 12.2. The maximum absolute atomic E-state index is 12.2. The van der Waals surface area contributed by atoms with Crippen LogP contribution < -0.4 is 10.2 Å². The van der Waals surface area contributed by atoms with Crippen molar-refractivity contribution >= 4 is 11.6 Å². The number of carbonyl (C=O) groups excluding carboxylic acids is 1. The summed E-state index contributed by atoms with van der Waals surface area (Å²) >= 11 is 0. The SMILES string of the molecule is C[C@@H](NC(=O)c1cccnc1)c1ccc(N2CCCCC2)cc1. The van der Waals surface area contributed by atoms with E-state index in [1.807, 2.05) is 6.92 Å². The van der Waals surface area contributed by atoms with Gasteiger partial charge in [0.1, 0.15) is 0 Å². The van der Waals surface area contributed by atoms with Gasteiger partial charge in [-0.25, -0.2) is 0 Å². The molecule has 23 heavy (non-hydrogen) atoms. The highest BCUT2D eigenvalue weighted by Gasteiger charge is 2.13. The van der Waals surface area contributed by atoms with Crippen LogP contribution in [0.5, 0.6) is 0 Å². The summed E-state index contributed by atoms with van der Waals surface area (Å²) in [5.74, 6) is -0.0919. The molecule has 1 fully saturated rings. The van der Waals surface area contributed by atoms with E-state index in [4.69, 9.17) is 0 Å². The summed E-state index contributed by atoms with van der Waals surface area (Å²) in [5, 5.41) is 3.02. The molecule has 1 amide bonds. The topological polar surface area (TPSA) is 45.2 Å². The molecule has 1 aromatic carbocycles. The summed E-state index contributed by atoms with van der Waals surface area (Å²) in [6.45, 7) is 4.30. The molecule has 2 aromatic rings. The summed E-state index contributed by atoms with van der Waals surface area (Å²) in [4.78, 5) is 18.6. The summed E-state index contributed by atoms with van der Waals surface area (Å²) in [5.41, 5.74) is 2.98. The van der Waals surface area contributed by atoms with Gasteiger partial charge in [0.15, 0.2) is 0 Å². The lowest BCUT2D eigenvalue weighted by Gasteiger charge is -2.29. The number of hydrogen-bond donors (Lipinski definition) is 1. The third-order valence-electron chi connectivity index (χ3n) is 4.39. The normalized spacial score (nSPS) is 16.0. The Morgan fingerprint density at radius 1 is 1.13 bits per heavy atom. The Bertz CT molecular complexity index is 633. The molecule has 3 rings (SSSR count). The number of nitrogens with one attached hydrogen (secondary N) is 1. The average Bonchev–Trinajstić information content (AvgIpc) is 2.63. The molecule has 1 saturated heterocycles. The predicted octanol–water partition coefficient (Wildman–Crippen LogP) is 3.56. The summed E-state index contributed by atoms with van der Waals surface area (Å²) in [6, 6.07) is 12.1. The Morgan fingerprint density at radius 3 is 2.52 bits per heavy atom. The zero-order valence-corrected chi connectivity index (χ0v) is 13.5. The first-order valence-electron chi connectivity index (χ1n) is 8.30. The van der Waals surface area contributed by atoms with E-state index in [-0.39, 0.29) is 11.9 Å². The number of piperidine rings is 1. The molecule has 1 atom stereocenters. The van der Waals surface area contributed by atoms with Gasteiger partial charge in [-0.05, 0) is 56.0 Å². The van der Waals surface area contributed by atoms with Gasteiger partial charge in [0.25, 0.3) is 5.91 Å². The minimum Gasteiger partial charge on any atom is -0.372 e. The lowest BCUT2D eigenvalue weighted by Crippen LogP contribution is -2.29. The zero-order chi connectivity index (χ0) is 16.1. The van der Waals surface area contributed by atoms with Crippen molar-refractivity contribution in [3.05, 3.63) is 59.9 Å². The van der Waals surface area contributed by atoms with E-state index in [0.29, 0.717) is 5.56 Å². The largest absolute Gasteiger partial charge is 0.372 e. The van der Waals surface area contributed by atoms with Crippen LogP contribution in [0.2, 0.25) is 0 Å². The van der Waals surface area contributed by atoms with Gasteiger partial charge in [-0.3, -0.25) is 9.78 Å². The number of aromatic nitrogens is 1. The fourth-order valence-electron chi connectivity index (χ4n) is 2.99. The molecule has 0 aliphatic carbocycles. The fraction of sp³-hybridized carbons (Fsp3) is 0.368. The van der Waals surface area contributed by atoms with Crippen LogP contribution in [0, 0.1) is 0 Å². The monoisotopic (exact) mass is 309 g/mol. The predicted molar refractivity (Wildman–Crippen MR) is 92.6 cm³/mol. The Balaban J connectivity index is 1.63. The Hall–Kier alpha value is -2.36. The van der Waals surface area contributed by atoms with Gasteiger partial charge < -0.3 is 10.2 Å². The lowest BCUT2D eigenvalue weighted by atomic mass is 10.1. The quantitative estimate of drug-likeness (QED) is 0.939. The number of rotatable bonds is 4. The fourth-order valence-corrected chi connectivity index (χ4v) is 2.99. The average molecular weight is 309 g/mol. The van der Waals surface area contributed by atoms with Gasteiger partial charge in [-0.2, -0.15) is 0 Å². The van der Waals surface area contributed by atoms with Crippen molar-refractivity contribution in [1.82, 2.24) is 10.3 Å². The van der Waals surface area contributed by atoms with Gasteiger partial charge in [-0.15, -0.1) is 0 Å². The molecule has 1 aliphatic rings. The molecule has 2 heterocycles. The van der Waals surface area contributed by atoms with Crippen LogP contribution in [-0.4, -0.2) is 24.0 Å². The number of pyridine rings is 1. The highest BCUT2D eigenvalue weighted by molar-refractivity contribution is 5.94. The summed E-state index contributed by atoms with van der Waals surface area (Å²) in [6.07, 6.45) is 7.14. The molecule has 4 nitrogen and oxygen atoms in total. The van der Waals surface area contributed by atoms with E-state index in [0.717, 1.165) is 18.7 Å². The first kappa shape index (κ1) is 15.5. The highest BCUT2D eigenvalue weighted by atomic mass is 16.1. The van der Waals surface area contributed by atoms with Crippen molar-refractivity contribution in [2.45, 2.75) is 32.2 Å².